The first-order chi connectivity index (χ1) is 13.1. The molecule has 1 aromatic rings. The number of piperidine rings is 1. The lowest BCUT2D eigenvalue weighted by Crippen LogP contribution is -2.54. The first kappa shape index (κ1) is 17.1. The molecule has 5 heteroatoms. The number of hydrogen-bond acceptors (Lipinski definition) is 3. The maximum absolute atomic E-state index is 12.7. The molecule has 0 aromatic heterocycles. The average Bonchev–Trinajstić information content (AvgIpc) is 2.62. The highest BCUT2D eigenvalue weighted by molar-refractivity contribution is 5.96. The number of hydrogen-bond donors (Lipinski definition) is 3. The summed E-state index contributed by atoms with van der Waals surface area (Å²) < 4.78 is 0. The predicted octanol–water partition coefficient (Wildman–Crippen LogP) is 3.53. The van der Waals surface area contributed by atoms with Crippen molar-refractivity contribution in [1.29, 1.82) is 0 Å². The van der Waals surface area contributed by atoms with Crippen LogP contribution in [0.15, 0.2) is 24.3 Å². The Morgan fingerprint density at radius 1 is 1.00 bits per heavy atom. The summed E-state index contributed by atoms with van der Waals surface area (Å²) >= 11 is 0. The van der Waals surface area contributed by atoms with E-state index in [0.717, 1.165) is 29.1 Å². The Kier molecular flexibility index (Phi) is 4.14. The summed E-state index contributed by atoms with van der Waals surface area (Å²) in [6.07, 6.45) is 9.15. The minimum Gasteiger partial charge on any atom is -0.378 e. The molecule has 4 bridgehead atoms. The van der Waals surface area contributed by atoms with Crippen molar-refractivity contribution in [3.05, 3.63) is 24.3 Å². The Bertz CT molecular complexity index is 714. The van der Waals surface area contributed by atoms with E-state index >= 15 is 0 Å². The zero-order valence-corrected chi connectivity index (χ0v) is 15.8. The maximum Gasteiger partial charge on any atom is 0.229 e. The summed E-state index contributed by atoms with van der Waals surface area (Å²) in [4.78, 5) is 24.0. The number of amides is 2. The number of rotatable bonds is 4. The van der Waals surface area contributed by atoms with Gasteiger partial charge in [-0.15, -0.1) is 0 Å². The van der Waals surface area contributed by atoms with Gasteiger partial charge in [0.25, 0.3) is 0 Å². The molecule has 1 aromatic carbocycles. The number of nitrogens with one attached hydrogen (secondary N) is 3. The summed E-state index contributed by atoms with van der Waals surface area (Å²) in [7, 11) is 0. The van der Waals surface area contributed by atoms with E-state index in [0.29, 0.717) is 19.4 Å². The molecule has 1 unspecified atom stereocenters. The maximum atomic E-state index is 12.7. The second-order valence-corrected chi connectivity index (χ2v) is 9.40. The highest BCUT2D eigenvalue weighted by Crippen LogP contribution is 2.56. The van der Waals surface area contributed by atoms with Crippen LogP contribution in [0.1, 0.15) is 51.4 Å². The van der Waals surface area contributed by atoms with Crippen molar-refractivity contribution in [2.24, 2.45) is 23.7 Å². The van der Waals surface area contributed by atoms with Gasteiger partial charge in [0.15, 0.2) is 0 Å². The molecule has 27 heavy (non-hydrogen) atoms. The average molecular weight is 367 g/mol. The van der Waals surface area contributed by atoms with Gasteiger partial charge in [-0.2, -0.15) is 0 Å². The van der Waals surface area contributed by atoms with Crippen LogP contribution in [0.4, 0.5) is 11.4 Å². The largest absolute Gasteiger partial charge is 0.378 e. The summed E-state index contributed by atoms with van der Waals surface area (Å²) in [5, 5.41) is 9.81. The molecular formula is C22H29N3O2. The van der Waals surface area contributed by atoms with Gasteiger partial charge in [0.2, 0.25) is 11.8 Å². The highest BCUT2D eigenvalue weighted by Gasteiger charge is 2.51. The molecule has 1 heterocycles. The second kappa shape index (κ2) is 6.54. The SMILES string of the molecule is O=C1CCC(C(=O)Nc2ccccc2NC23CC4CC(CC(C4)C2)C3)CN1. The van der Waals surface area contributed by atoms with Gasteiger partial charge in [0.1, 0.15) is 0 Å². The Labute approximate surface area is 160 Å². The molecule has 4 aliphatic carbocycles. The van der Waals surface area contributed by atoms with E-state index in [1.807, 2.05) is 18.2 Å². The zero-order chi connectivity index (χ0) is 18.4. The van der Waals surface area contributed by atoms with Crippen molar-refractivity contribution in [3.63, 3.8) is 0 Å². The van der Waals surface area contributed by atoms with Crippen LogP contribution in [-0.4, -0.2) is 23.9 Å². The lowest BCUT2D eigenvalue weighted by molar-refractivity contribution is -0.126. The number of carbonyl (C=O) groups excluding carboxylic acids is 2. The van der Waals surface area contributed by atoms with Crippen LogP contribution in [0.2, 0.25) is 0 Å². The lowest BCUT2D eigenvalue weighted by Gasteiger charge is -2.57. The number of carbonyl (C=O) groups is 2. The van der Waals surface area contributed by atoms with E-state index in [4.69, 9.17) is 0 Å². The summed E-state index contributed by atoms with van der Waals surface area (Å²) in [6.45, 7) is 0.440. The Hall–Kier alpha value is -2.04. The van der Waals surface area contributed by atoms with Gasteiger partial charge in [-0.05, 0) is 74.8 Å². The molecule has 0 radical (unpaired) electrons. The van der Waals surface area contributed by atoms with Crippen LogP contribution in [0.25, 0.3) is 0 Å². The van der Waals surface area contributed by atoms with E-state index in [1.54, 1.807) is 0 Å². The van der Waals surface area contributed by atoms with E-state index < -0.39 is 0 Å². The van der Waals surface area contributed by atoms with Gasteiger partial charge >= 0.3 is 0 Å². The minimum absolute atomic E-state index is 0.00904. The van der Waals surface area contributed by atoms with Gasteiger partial charge in [-0.1, -0.05) is 12.1 Å². The number of anilines is 2. The van der Waals surface area contributed by atoms with E-state index in [9.17, 15) is 9.59 Å². The monoisotopic (exact) mass is 367 g/mol. The molecule has 1 aliphatic heterocycles. The van der Waals surface area contributed by atoms with Gasteiger partial charge in [0, 0.05) is 18.5 Å². The third-order valence-electron chi connectivity index (χ3n) is 7.26. The van der Waals surface area contributed by atoms with Crippen molar-refractivity contribution in [2.75, 3.05) is 17.2 Å². The van der Waals surface area contributed by atoms with Crippen LogP contribution < -0.4 is 16.0 Å². The topological polar surface area (TPSA) is 70.2 Å². The third-order valence-corrected chi connectivity index (χ3v) is 7.26. The van der Waals surface area contributed by atoms with Crippen molar-refractivity contribution in [2.45, 2.75) is 56.9 Å². The molecule has 1 saturated heterocycles. The van der Waals surface area contributed by atoms with Crippen molar-refractivity contribution in [1.82, 2.24) is 5.32 Å². The van der Waals surface area contributed by atoms with Crippen LogP contribution in [0, 0.1) is 23.7 Å². The zero-order valence-electron chi connectivity index (χ0n) is 15.8. The molecule has 3 N–H and O–H groups in total. The first-order valence-electron chi connectivity index (χ1n) is 10.5. The molecule has 144 valence electrons. The normalized spacial score (nSPS) is 37.0. The number of benzene rings is 1. The third kappa shape index (κ3) is 3.32. The van der Waals surface area contributed by atoms with Gasteiger partial charge in [0.05, 0.1) is 17.3 Å². The highest BCUT2D eigenvalue weighted by atomic mass is 16.2. The van der Waals surface area contributed by atoms with Crippen molar-refractivity contribution < 1.29 is 9.59 Å². The van der Waals surface area contributed by atoms with Gasteiger partial charge < -0.3 is 16.0 Å². The quantitative estimate of drug-likeness (QED) is 0.762. The molecule has 4 saturated carbocycles. The predicted molar refractivity (Wildman–Crippen MR) is 105 cm³/mol. The minimum atomic E-state index is -0.143. The molecule has 1 atom stereocenters. The fourth-order valence-electron chi connectivity index (χ4n) is 6.44. The summed E-state index contributed by atoms with van der Waals surface area (Å²) in [5.41, 5.74) is 2.14. The standard InChI is InChI=1S/C22H29N3O2/c26-20-6-5-17(13-23-20)21(27)24-18-3-1-2-4-19(18)25-22-10-14-7-15(11-22)9-16(8-14)12-22/h1-4,14-17,25H,5-13H2,(H,23,26)(H,24,27). The second-order valence-electron chi connectivity index (χ2n) is 9.40. The molecule has 5 nitrogen and oxygen atoms in total. The number of para-hydroxylation sites is 2. The molecule has 2 amide bonds. The van der Waals surface area contributed by atoms with Gasteiger partial charge in [-0.3, -0.25) is 9.59 Å². The molecular weight excluding hydrogens is 338 g/mol. The molecule has 5 aliphatic rings. The van der Waals surface area contributed by atoms with Crippen molar-refractivity contribution in [3.8, 4) is 0 Å². The van der Waals surface area contributed by atoms with Crippen molar-refractivity contribution >= 4 is 23.2 Å². The van der Waals surface area contributed by atoms with E-state index in [-0.39, 0.29) is 23.3 Å². The van der Waals surface area contributed by atoms with Crippen LogP contribution in [0.3, 0.4) is 0 Å². The smallest absolute Gasteiger partial charge is 0.229 e. The summed E-state index contributed by atoms with van der Waals surface area (Å²) in [5.74, 6) is 2.57. The Morgan fingerprint density at radius 3 is 2.22 bits per heavy atom. The Morgan fingerprint density at radius 2 is 1.63 bits per heavy atom. The first-order valence-corrected chi connectivity index (χ1v) is 10.5. The molecule has 5 fully saturated rings. The van der Waals surface area contributed by atoms with Crippen LogP contribution >= 0.6 is 0 Å². The van der Waals surface area contributed by atoms with E-state index in [2.05, 4.69) is 22.0 Å². The fraction of sp³-hybridized carbons (Fsp3) is 0.636. The van der Waals surface area contributed by atoms with Crippen LogP contribution in [0.5, 0.6) is 0 Å². The lowest BCUT2D eigenvalue weighted by atomic mass is 9.53. The summed E-state index contributed by atoms with van der Waals surface area (Å²) in [6, 6.07) is 8.10. The fourth-order valence-corrected chi connectivity index (χ4v) is 6.44. The molecule has 6 rings (SSSR count). The van der Waals surface area contributed by atoms with Gasteiger partial charge in [-0.25, -0.2) is 0 Å². The van der Waals surface area contributed by atoms with Crippen LogP contribution in [-0.2, 0) is 9.59 Å². The van der Waals surface area contributed by atoms with E-state index in [1.165, 1.54) is 38.5 Å². The Balaban J connectivity index is 1.31. The molecule has 0 spiro atoms.